The normalized spacial score (nSPS) is 21.8. The Morgan fingerprint density at radius 1 is 1.13 bits per heavy atom. The lowest BCUT2D eigenvalue weighted by atomic mass is 10.0. The highest BCUT2D eigenvalue weighted by molar-refractivity contribution is 14.1. The summed E-state index contributed by atoms with van der Waals surface area (Å²) in [6.07, 6.45) is 4.22. The molecule has 170 valence electrons. The molecule has 0 saturated carbocycles. The average molecular weight is 560 g/mol. The number of rotatable bonds is 11. The number of urea groups is 1. The van der Waals surface area contributed by atoms with Crippen molar-refractivity contribution in [2.75, 3.05) is 18.8 Å². The lowest BCUT2D eigenvalue weighted by Crippen LogP contribution is -2.36. The maximum Gasteiger partial charge on any atom is 0.315 e. The summed E-state index contributed by atoms with van der Waals surface area (Å²) in [6.45, 7) is 0.827. The molecule has 4 amide bonds. The van der Waals surface area contributed by atoms with Gasteiger partial charge in [-0.05, 0) is 59.5 Å². The van der Waals surface area contributed by atoms with Crippen molar-refractivity contribution in [2.24, 2.45) is 0 Å². The van der Waals surface area contributed by atoms with Gasteiger partial charge in [0.2, 0.25) is 11.8 Å². The van der Waals surface area contributed by atoms with Crippen LogP contribution in [0.25, 0.3) is 0 Å². The lowest BCUT2D eigenvalue weighted by Gasteiger charge is -2.16. The topological polar surface area (TPSA) is 120 Å². The maximum absolute atomic E-state index is 12.0. The van der Waals surface area contributed by atoms with Gasteiger partial charge in [-0.15, -0.1) is 0 Å². The van der Waals surface area contributed by atoms with Crippen LogP contribution in [0.3, 0.4) is 0 Å². The van der Waals surface area contributed by atoms with E-state index in [-0.39, 0.29) is 35.7 Å². The first-order chi connectivity index (χ1) is 14.9. The van der Waals surface area contributed by atoms with Gasteiger partial charge in [0.15, 0.2) is 0 Å². The zero-order chi connectivity index (χ0) is 22.2. The summed E-state index contributed by atoms with van der Waals surface area (Å²) in [7, 11) is 0. The smallest absolute Gasteiger partial charge is 0.315 e. The number of benzene rings is 1. The number of hydrogen-bond donors (Lipinski definition) is 5. The molecule has 0 aliphatic carbocycles. The number of fused-ring (bicyclic) bond motifs is 1. The highest BCUT2D eigenvalue weighted by Crippen LogP contribution is 2.33. The molecule has 0 unspecified atom stereocenters. The standard InChI is InChI=1S/C21H29IN4O4S/c22-14-11-13(5-7-16(14)27)6-8-19(29)24-10-9-23-18(28)4-2-1-3-17-20-15(12-31-17)25-21(30)26-20/h5,7,11,15,17,20,27H,1-4,6,8-10,12H2,(H,23,28)(H,24,29)(H2,25,26,30)/t15-,17-,20-/m0/s1. The first kappa shape index (κ1) is 24.0. The number of carbonyl (C=O) groups excluding carboxylic acids is 3. The zero-order valence-electron chi connectivity index (χ0n) is 17.3. The largest absolute Gasteiger partial charge is 0.507 e. The SMILES string of the molecule is O=C(CCCC[C@@H]1SC[C@@H]2NC(=O)N[C@@H]21)NCCNC(=O)CCc1ccc(O)c(I)c1. The molecule has 5 N–H and O–H groups in total. The maximum atomic E-state index is 12.0. The molecule has 31 heavy (non-hydrogen) atoms. The molecule has 1 aromatic carbocycles. The molecule has 0 radical (unpaired) electrons. The van der Waals surface area contributed by atoms with E-state index in [4.69, 9.17) is 0 Å². The van der Waals surface area contributed by atoms with Crippen LogP contribution in [0.1, 0.15) is 37.7 Å². The number of nitrogens with one attached hydrogen (secondary N) is 4. The number of amides is 4. The van der Waals surface area contributed by atoms with Gasteiger partial charge < -0.3 is 26.4 Å². The van der Waals surface area contributed by atoms with E-state index in [1.807, 2.05) is 23.9 Å². The molecule has 0 aromatic heterocycles. The Bertz CT molecular complexity index is 810. The minimum Gasteiger partial charge on any atom is -0.507 e. The first-order valence-electron chi connectivity index (χ1n) is 10.6. The van der Waals surface area contributed by atoms with Gasteiger partial charge in [-0.3, -0.25) is 9.59 Å². The molecule has 2 saturated heterocycles. The van der Waals surface area contributed by atoms with Crippen LogP contribution in [0.5, 0.6) is 5.75 Å². The van der Waals surface area contributed by atoms with Crippen LogP contribution in [0.4, 0.5) is 4.79 Å². The Morgan fingerprint density at radius 2 is 1.87 bits per heavy atom. The van der Waals surface area contributed by atoms with Gasteiger partial charge in [0.05, 0.1) is 15.7 Å². The van der Waals surface area contributed by atoms with Gasteiger partial charge in [0.25, 0.3) is 0 Å². The third-order valence-electron chi connectivity index (χ3n) is 5.50. The highest BCUT2D eigenvalue weighted by Gasteiger charge is 2.42. The van der Waals surface area contributed by atoms with Gasteiger partial charge in [-0.25, -0.2) is 4.79 Å². The van der Waals surface area contributed by atoms with E-state index in [1.54, 1.807) is 6.07 Å². The van der Waals surface area contributed by atoms with E-state index in [9.17, 15) is 19.5 Å². The molecule has 2 aliphatic rings. The Labute approximate surface area is 200 Å². The summed E-state index contributed by atoms with van der Waals surface area (Å²) in [5.41, 5.74) is 1.00. The fraction of sp³-hybridized carbons (Fsp3) is 0.571. The summed E-state index contributed by atoms with van der Waals surface area (Å²) in [5, 5.41) is 21.5. The average Bonchev–Trinajstić information content (AvgIpc) is 3.29. The van der Waals surface area contributed by atoms with Crippen LogP contribution in [-0.4, -0.2) is 59.1 Å². The van der Waals surface area contributed by atoms with Gasteiger partial charge >= 0.3 is 6.03 Å². The number of hydrogen-bond acceptors (Lipinski definition) is 5. The highest BCUT2D eigenvalue weighted by atomic mass is 127. The monoisotopic (exact) mass is 560 g/mol. The Hall–Kier alpha value is -1.69. The fourth-order valence-electron chi connectivity index (χ4n) is 3.82. The minimum absolute atomic E-state index is 0.000653. The summed E-state index contributed by atoms with van der Waals surface area (Å²) >= 11 is 3.95. The summed E-state index contributed by atoms with van der Waals surface area (Å²) in [6, 6.07) is 5.71. The third-order valence-corrected chi connectivity index (χ3v) is 7.88. The molecule has 2 fully saturated rings. The first-order valence-corrected chi connectivity index (χ1v) is 12.7. The van der Waals surface area contributed by atoms with Gasteiger partial charge in [-0.2, -0.15) is 11.8 Å². The lowest BCUT2D eigenvalue weighted by molar-refractivity contribution is -0.122. The van der Waals surface area contributed by atoms with Gasteiger partial charge in [-0.1, -0.05) is 12.5 Å². The number of unbranched alkanes of at least 4 members (excludes halogenated alkanes) is 1. The quantitative estimate of drug-likeness (QED) is 0.161. The van der Waals surface area contributed by atoms with Crippen LogP contribution in [0.15, 0.2) is 18.2 Å². The number of thioether (sulfide) groups is 1. The predicted octanol–water partition coefficient (Wildman–Crippen LogP) is 1.89. The van der Waals surface area contributed by atoms with E-state index in [0.717, 1.165) is 34.1 Å². The fourth-order valence-corrected chi connectivity index (χ4v) is 5.94. The predicted molar refractivity (Wildman–Crippen MR) is 129 cm³/mol. The molecule has 0 spiro atoms. The van der Waals surface area contributed by atoms with E-state index < -0.39 is 0 Å². The zero-order valence-corrected chi connectivity index (χ0v) is 20.3. The number of halogens is 1. The second-order valence-corrected chi connectivity index (χ2v) is 10.3. The molecule has 2 aliphatic heterocycles. The Balaban J connectivity index is 1.19. The van der Waals surface area contributed by atoms with Crippen LogP contribution in [-0.2, 0) is 16.0 Å². The molecule has 3 rings (SSSR count). The van der Waals surface area contributed by atoms with Gasteiger partial charge in [0.1, 0.15) is 5.75 Å². The Morgan fingerprint density at radius 3 is 2.61 bits per heavy atom. The van der Waals surface area contributed by atoms with Crippen molar-refractivity contribution < 1.29 is 19.5 Å². The van der Waals surface area contributed by atoms with E-state index in [1.165, 1.54) is 0 Å². The van der Waals surface area contributed by atoms with E-state index in [0.29, 0.717) is 37.6 Å². The van der Waals surface area contributed by atoms with Crippen LogP contribution >= 0.6 is 34.4 Å². The second kappa shape index (κ2) is 11.8. The molecule has 1 aromatic rings. The van der Waals surface area contributed by atoms with Crippen LogP contribution in [0.2, 0.25) is 0 Å². The van der Waals surface area contributed by atoms with Crippen molar-refractivity contribution in [3.05, 3.63) is 27.3 Å². The number of phenolic OH excluding ortho intramolecular Hbond substituents is 1. The molecule has 3 atom stereocenters. The van der Waals surface area contributed by atoms with Crippen LogP contribution in [0, 0.1) is 3.57 Å². The van der Waals surface area contributed by atoms with Crippen molar-refractivity contribution in [3.8, 4) is 5.75 Å². The molecule has 0 bridgehead atoms. The summed E-state index contributed by atoms with van der Waals surface area (Å²) in [4.78, 5) is 35.3. The van der Waals surface area contributed by atoms with Crippen molar-refractivity contribution in [1.82, 2.24) is 21.3 Å². The van der Waals surface area contributed by atoms with Crippen molar-refractivity contribution >= 4 is 52.2 Å². The minimum atomic E-state index is -0.0677. The van der Waals surface area contributed by atoms with Gasteiger partial charge in [0, 0.05) is 36.9 Å². The number of carbonyl (C=O) groups is 3. The van der Waals surface area contributed by atoms with E-state index in [2.05, 4.69) is 43.9 Å². The summed E-state index contributed by atoms with van der Waals surface area (Å²) < 4.78 is 0.770. The number of aromatic hydroxyl groups is 1. The van der Waals surface area contributed by atoms with Crippen molar-refractivity contribution in [3.63, 3.8) is 0 Å². The van der Waals surface area contributed by atoms with Crippen molar-refractivity contribution in [2.45, 2.75) is 55.9 Å². The number of phenols is 1. The molecular formula is C21H29IN4O4S. The number of aryl methyl sites for hydroxylation is 1. The summed E-state index contributed by atoms with van der Waals surface area (Å²) in [5.74, 6) is 1.14. The molecular weight excluding hydrogens is 531 g/mol. The van der Waals surface area contributed by atoms with E-state index >= 15 is 0 Å². The van der Waals surface area contributed by atoms with Crippen LogP contribution < -0.4 is 21.3 Å². The molecule has 10 heteroatoms. The van der Waals surface area contributed by atoms with Crippen molar-refractivity contribution in [1.29, 1.82) is 0 Å². The third kappa shape index (κ3) is 7.44. The molecule has 8 nitrogen and oxygen atoms in total. The Kier molecular flexibility index (Phi) is 9.12. The second-order valence-electron chi connectivity index (χ2n) is 7.85. The molecule has 2 heterocycles.